The lowest BCUT2D eigenvalue weighted by atomic mass is 10.3. The van der Waals surface area contributed by atoms with Crippen molar-refractivity contribution in [1.82, 2.24) is 0 Å². The van der Waals surface area contributed by atoms with Crippen molar-refractivity contribution in [2.75, 3.05) is 18.5 Å². The van der Waals surface area contributed by atoms with Crippen LogP contribution in [-0.2, 0) is 0 Å². The highest BCUT2D eigenvalue weighted by molar-refractivity contribution is 7.18. The molecule has 0 fully saturated rings. The fourth-order valence-electron chi connectivity index (χ4n) is 1.45. The quantitative estimate of drug-likeness (QED) is 0.445. The Balaban J connectivity index is 3.03. The monoisotopic (exact) mass is 256 g/mol. The summed E-state index contributed by atoms with van der Waals surface area (Å²) in [6, 6.07) is 1.37. The van der Waals surface area contributed by atoms with Gasteiger partial charge in [-0.3, -0.25) is 14.9 Å². The number of rotatable bonds is 6. The van der Waals surface area contributed by atoms with Gasteiger partial charge < -0.3 is 4.90 Å². The molecule has 0 N–H and O–H groups in total. The zero-order chi connectivity index (χ0) is 13.0. The molecule has 0 atom stereocenters. The van der Waals surface area contributed by atoms with Crippen LogP contribution in [0, 0.1) is 10.1 Å². The van der Waals surface area contributed by atoms with Gasteiger partial charge >= 0.3 is 5.69 Å². The van der Waals surface area contributed by atoms with Crippen molar-refractivity contribution in [3.63, 3.8) is 0 Å². The molecule has 17 heavy (non-hydrogen) atoms. The van der Waals surface area contributed by atoms with Crippen LogP contribution in [-0.4, -0.2) is 24.3 Å². The first-order valence-corrected chi connectivity index (χ1v) is 6.29. The van der Waals surface area contributed by atoms with Crippen LogP contribution >= 0.6 is 11.3 Å². The molecule has 0 aliphatic heterocycles. The Kier molecular flexibility index (Phi) is 4.62. The van der Waals surface area contributed by atoms with E-state index >= 15 is 0 Å². The van der Waals surface area contributed by atoms with Crippen LogP contribution in [0.5, 0.6) is 0 Å². The topological polar surface area (TPSA) is 63.5 Å². The molecule has 0 bridgehead atoms. The minimum absolute atomic E-state index is 0.0267. The first-order chi connectivity index (χ1) is 7.97. The van der Waals surface area contributed by atoms with Crippen molar-refractivity contribution in [3.8, 4) is 0 Å². The number of hydrogen-bond donors (Lipinski definition) is 0. The maximum absolute atomic E-state index is 11.2. The van der Waals surface area contributed by atoms with Crippen LogP contribution in [0.3, 0.4) is 0 Å². The zero-order valence-electron chi connectivity index (χ0n) is 10.2. The number of thiophene rings is 1. The van der Waals surface area contributed by atoms with E-state index in [0.717, 1.165) is 19.4 Å². The lowest BCUT2D eigenvalue weighted by Gasteiger charge is -2.15. The fraction of sp³-hybridized carbons (Fsp3) is 0.545. The number of Topliss-reactive ketones (excluding diaryl/α,β-unsaturated/α-hetero) is 1. The van der Waals surface area contributed by atoms with Gasteiger partial charge in [-0.1, -0.05) is 13.3 Å². The Hall–Kier alpha value is -1.43. The second-order valence-electron chi connectivity index (χ2n) is 3.89. The highest BCUT2D eigenvalue weighted by Gasteiger charge is 2.23. The molecule has 0 amide bonds. The first-order valence-electron chi connectivity index (χ1n) is 5.47. The number of ketones is 1. The molecule has 0 aliphatic rings. The third kappa shape index (κ3) is 3.26. The van der Waals surface area contributed by atoms with Gasteiger partial charge in [-0.2, -0.15) is 0 Å². The van der Waals surface area contributed by atoms with Crippen molar-refractivity contribution < 1.29 is 9.72 Å². The lowest BCUT2D eigenvalue weighted by molar-refractivity contribution is -0.383. The number of nitrogens with zero attached hydrogens (tertiary/aromatic N) is 2. The average Bonchev–Trinajstić information content (AvgIpc) is 2.70. The number of carbonyl (C=O) groups excluding carboxylic acids is 1. The zero-order valence-corrected chi connectivity index (χ0v) is 11.0. The molecule has 0 unspecified atom stereocenters. The van der Waals surface area contributed by atoms with Crippen molar-refractivity contribution in [2.24, 2.45) is 0 Å². The Morgan fingerprint density at radius 2 is 2.24 bits per heavy atom. The largest absolute Gasteiger partial charge is 0.361 e. The average molecular weight is 256 g/mol. The van der Waals surface area contributed by atoms with Crippen LogP contribution in [0.1, 0.15) is 36.4 Å². The van der Waals surface area contributed by atoms with E-state index in [1.165, 1.54) is 24.3 Å². The van der Waals surface area contributed by atoms with Gasteiger partial charge in [-0.25, -0.2) is 0 Å². The molecule has 0 radical (unpaired) electrons. The van der Waals surface area contributed by atoms with Gasteiger partial charge in [-0.05, 0) is 13.3 Å². The second-order valence-corrected chi connectivity index (χ2v) is 4.92. The van der Waals surface area contributed by atoms with E-state index in [4.69, 9.17) is 0 Å². The minimum Gasteiger partial charge on any atom is -0.361 e. The van der Waals surface area contributed by atoms with E-state index in [9.17, 15) is 14.9 Å². The van der Waals surface area contributed by atoms with Crippen molar-refractivity contribution in [3.05, 3.63) is 21.1 Å². The summed E-state index contributed by atoms with van der Waals surface area (Å²) in [5.41, 5.74) is 0.0267. The summed E-state index contributed by atoms with van der Waals surface area (Å²) in [5.74, 6) is -0.131. The van der Waals surface area contributed by atoms with Gasteiger partial charge in [-0.15, -0.1) is 11.3 Å². The third-order valence-electron chi connectivity index (χ3n) is 2.43. The minimum atomic E-state index is -0.430. The fourth-order valence-corrected chi connectivity index (χ4v) is 2.45. The Bertz CT molecular complexity index is 428. The van der Waals surface area contributed by atoms with Crippen LogP contribution in [0.4, 0.5) is 10.7 Å². The highest BCUT2D eigenvalue weighted by Crippen LogP contribution is 2.37. The molecule has 0 aromatic carbocycles. The molecule has 0 saturated carbocycles. The number of hydrogen-bond acceptors (Lipinski definition) is 5. The van der Waals surface area contributed by atoms with Gasteiger partial charge in [0.25, 0.3) is 0 Å². The maximum Gasteiger partial charge on any atom is 0.304 e. The Morgan fingerprint density at radius 3 is 2.71 bits per heavy atom. The second kappa shape index (κ2) is 5.77. The number of anilines is 1. The van der Waals surface area contributed by atoms with Gasteiger partial charge in [0.05, 0.1) is 9.80 Å². The molecular weight excluding hydrogens is 240 g/mol. The first kappa shape index (κ1) is 13.6. The smallest absolute Gasteiger partial charge is 0.304 e. The van der Waals surface area contributed by atoms with Crippen molar-refractivity contribution in [2.45, 2.75) is 26.7 Å². The Morgan fingerprint density at radius 1 is 1.59 bits per heavy atom. The number of nitro groups is 1. The van der Waals surface area contributed by atoms with E-state index in [2.05, 4.69) is 6.92 Å². The standard InChI is InChI=1S/C11H16N2O3S/c1-4-5-6-12(3)11-9(13(15)16)7-10(17-11)8(2)14/h7H,4-6H2,1-3H3. The molecule has 0 aliphatic carbocycles. The molecule has 0 spiro atoms. The summed E-state index contributed by atoms with van der Waals surface area (Å²) >= 11 is 1.19. The predicted octanol–water partition coefficient (Wildman–Crippen LogP) is 3.10. The summed E-state index contributed by atoms with van der Waals surface area (Å²) in [7, 11) is 1.82. The lowest BCUT2D eigenvalue weighted by Crippen LogP contribution is -2.17. The van der Waals surface area contributed by atoms with E-state index in [1.807, 2.05) is 11.9 Å². The van der Waals surface area contributed by atoms with Crippen LogP contribution in [0.25, 0.3) is 0 Å². The third-order valence-corrected chi connectivity index (χ3v) is 3.77. The summed E-state index contributed by atoms with van der Waals surface area (Å²) < 4.78 is 0. The van der Waals surface area contributed by atoms with Crippen LogP contribution < -0.4 is 4.90 Å². The molecule has 1 aromatic rings. The van der Waals surface area contributed by atoms with Gasteiger partial charge in [0, 0.05) is 19.7 Å². The normalized spacial score (nSPS) is 10.3. The SMILES string of the molecule is CCCCN(C)c1sc(C(C)=O)cc1[N+](=O)[O-]. The number of unbranched alkanes of at least 4 members (excludes halogenated alkanes) is 1. The van der Waals surface area contributed by atoms with Gasteiger partial charge in [0.15, 0.2) is 10.8 Å². The maximum atomic E-state index is 11.2. The summed E-state index contributed by atoms with van der Waals surface area (Å²) in [4.78, 5) is 24.0. The number of carbonyl (C=O) groups is 1. The van der Waals surface area contributed by atoms with Gasteiger partial charge in [0.1, 0.15) is 0 Å². The molecule has 0 saturated heterocycles. The molecule has 1 heterocycles. The molecule has 94 valence electrons. The van der Waals surface area contributed by atoms with E-state index < -0.39 is 4.92 Å². The van der Waals surface area contributed by atoms with Gasteiger partial charge in [0.2, 0.25) is 0 Å². The van der Waals surface area contributed by atoms with Crippen LogP contribution in [0.15, 0.2) is 6.07 Å². The predicted molar refractivity (Wildman–Crippen MR) is 69.2 cm³/mol. The van der Waals surface area contributed by atoms with Crippen LogP contribution in [0.2, 0.25) is 0 Å². The highest BCUT2D eigenvalue weighted by atomic mass is 32.1. The molecule has 1 rings (SSSR count). The summed E-state index contributed by atoms with van der Waals surface area (Å²) in [6.45, 7) is 4.25. The molecule has 6 heteroatoms. The summed E-state index contributed by atoms with van der Waals surface area (Å²) in [6.07, 6.45) is 2.00. The van der Waals surface area contributed by atoms with E-state index in [-0.39, 0.29) is 11.5 Å². The van der Waals surface area contributed by atoms with E-state index in [0.29, 0.717) is 9.88 Å². The molecular formula is C11H16N2O3S. The van der Waals surface area contributed by atoms with E-state index in [1.54, 1.807) is 0 Å². The Labute approximate surface area is 104 Å². The molecule has 1 aromatic heterocycles. The summed E-state index contributed by atoms with van der Waals surface area (Å²) in [5, 5.41) is 11.5. The molecule has 5 nitrogen and oxygen atoms in total. The van der Waals surface area contributed by atoms with Crippen molar-refractivity contribution >= 4 is 27.8 Å². The van der Waals surface area contributed by atoms with Crippen molar-refractivity contribution in [1.29, 1.82) is 0 Å².